The van der Waals surface area contributed by atoms with Crippen LogP contribution in [0.15, 0.2) is 88.7 Å². The van der Waals surface area contributed by atoms with Crippen LogP contribution >= 0.6 is 23.2 Å². The third-order valence-corrected chi connectivity index (χ3v) is 6.39. The maximum Gasteiger partial charge on any atom is 0.281 e. The van der Waals surface area contributed by atoms with Gasteiger partial charge in [-0.05, 0) is 41.5 Å². The van der Waals surface area contributed by atoms with Crippen molar-refractivity contribution in [3.8, 4) is 5.69 Å². The van der Waals surface area contributed by atoms with E-state index in [-0.39, 0.29) is 30.9 Å². The number of H-pyrrole nitrogens is 1. The monoisotopic (exact) mass is 506 g/mol. The van der Waals surface area contributed by atoms with E-state index in [0.717, 1.165) is 11.1 Å². The van der Waals surface area contributed by atoms with Crippen molar-refractivity contribution in [2.24, 2.45) is 0 Å². The van der Waals surface area contributed by atoms with Gasteiger partial charge in [0.2, 0.25) is 0 Å². The predicted octanol–water partition coefficient (Wildman–Crippen LogP) is 4.95. The molecule has 3 aromatic heterocycles. The predicted molar refractivity (Wildman–Crippen MR) is 136 cm³/mol. The van der Waals surface area contributed by atoms with Crippen LogP contribution in [-0.4, -0.2) is 19.3 Å². The molecule has 0 unspecified atom stereocenters. The number of fused-ring (bicyclic) bond motifs is 1. The fraction of sp³-hybridized carbons (Fsp3) is 0.115. The second-order valence-corrected chi connectivity index (χ2v) is 8.76. The van der Waals surface area contributed by atoms with E-state index in [4.69, 9.17) is 27.9 Å². The third kappa shape index (κ3) is 4.66. The molecule has 3 heterocycles. The lowest BCUT2D eigenvalue weighted by Gasteiger charge is -2.14. The van der Waals surface area contributed by atoms with Gasteiger partial charge in [0.15, 0.2) is 0 Å². The van der Waals surface area contributed by atoms with Crippen molar-refractivity contribution in [3.63, 3.8) is 0 Å². The van der Waals surface area contributed by atoms with Crippen LogP contribution in [0.1, 0.15) is 16.8 Å². The number of nitrogens with zero attached hydrogens (tertiary/aromatic N) is 3. The van der Waals surface area contributed by atoms with Gasteiger partial charge in [0.1, 0.15) is 0 Å². The maximum atomic E-state index is 13.6. The molecule has 5 rings (SSSR count). The van der Waals surface area contributed by atoms with Crippen LogP contribution in [0.25, 0.3) is 16.6 Å². The van der Waals surface area contributed by atoms with Crippen LogP contribution in [-0.2, 0) is 24.5 Å². The first-order chi connectivity index (χ1) is 17.0. The Kier molecular flexibility index (Phi) is 6.55. The van der Waals surface area contributed by atoms with Crippen molar-refractivity contribution in [1.29, 1.82) is 0 Å². The number of para-hydroxylation sites is 1. The minimum atomic E-state index is -0.326. The number of halogens is 2. The Balaban J connectivity index is 1.63. The van der Waals surface area contributed by atoms with Gasteiger partial charge in [-0.2, -0.15) is 0 Å². The highest BCUT2D eigenvalue weighted by Crippen LogP contribution is 2.22. The normalized spacial score (nSPS) is 11.3. The Bertz CT molecular complexity index is 1620. The second-order valence-electron chi connectivity index (χ2n) is 7.95. The molecule has 7 nitrogen and oxygen atoms in total. The second kappa shape index (κ2) is 9.92. The van der Waals surface area contributed by atoms with E-state index in [2.05, 4.69) is 10.1 Å². The number of aromatic nitrogens is 4. The molecule has 0 aliphatic carbocycles. The zero-order chi connectivity index (χ0) is 24.4. The van der Waals surface area contributed by atoms with Gasteiger partial charge in [-0.3, -0.25) is 19.7 Å². The van der Waals surface area contributed by atoms with E-state index in [1.807, 2.05) is 30.3 Å². The van der Waals surface area contributed by atoms with Crippen LogP contribution in [0, 0.1) is 0 Å². The molecule has 35 heavy (non-hydrogen) atoms. The number of hydrogen-bond donors (Lipinski definition) is 1. The Labute approximate surface area is 210 Å². The minimum Gasteiger partial charge on any atom is -0.370 e. The Morgan fingerprint density at radius 2 is 1.60 bits per heavy atom. The standard InChI is InChI=1S/C26H20Cl2N4O3/c27-19-6-2-1-5-18(19)15-35-16-23-25-21(13-24(33)31(23)14-17-9-11-29-12-10-17)30-32(26(25)34)22-8-4-3-7-20(22)28/h1-13,30H,14-16H2. The number of benzene rings is 2. The number of nitrogens with one attached hydrogen (secondary N) is 1. The van der Waals surface area contributed by atoms with Gasteiger partial charge < -0.3 is 9.30 Å². The van der Waals surface area contributed by atoms with E-state index in [0.29, 0.717) is 32.3 Å². The molecule has 0 aliphatic rings. The fourth-order valence-corrected chi connectivity index (χ4v) is 4.39. The zero-order valence-electron chi connectivity index (χ0n) is 18.4. The fourth-order valence-electron chi connectivity index (χ4n) is 3.98. The van der Waals surface area contributed by atoms with Crippen molar-refractivity contribution in [3.05, 3.63) is 127 Å². The lowest BCUT2D eigenvalue weighted by molar-refractivity contribution is 0.103. The maximum absolute atomic E-state index is 13.6. The molecule has 5 aromatic rings. The highest BCUT2D eigenvalue weighted by Gasteiger charge is 2.19. The highest BCUT2D eigenvalue weighted by atomic mass is 35.5. The van der Waals surface area contributed by atoms with E-state index < -0.39 is 0 Å². The summed E-state index contributed by atoms with van der Waals surface area (Å²) in [7, 11) is 0. The van der Waals surface area contributed by atoms with Crippen LogP contribution in [0.2, 0.25) is 10.0 Å². The first-order valence-electron chi connectivity index (χ1n) is 10.9. The zero-order valence-corrected chi connectivity index (χ0v) is 20.0. The van der Waals surface area contributed by atoms with Gasteiger partial charge in [-0.25, -0.2) is 4.68 Å². The van der Waals surface area contributed by atoms with Crippen LogP contribution in [0.3, 0.4) is 0 Å². The van der Waals surface area contributed by atoms with Crippen LogP contribution in [0.5, 0.6) is 0 Å². The molecule has 0 spiro atoms. The van der Waals surface area contributed by atoms with Gasteiger partial charge in [0, 0.05) is 23.5 Å². The van der Waals surface area contributed by atoms with E-state index in [1.165, 1.54) is 10.7 Å². The summed E-state index contributed by atoms with van der Waals surface area (Å²) in [6, 6.07) is 19.4. The van der Waals surface area contributed by atoms with Gasteiger partial charge in [0.05, 0.1) is 47.1 Å². The summed E-state index contributed by atoms with van der Waals surface area (Å²) in [5, 5.41) is 4.38. The summed E-state index contributed by atoms with van der Waals surface area (Å²) in [6.45, 7) is 0.514. The quantitative estimate of drug-likeness (QED) is 0.338. The summed E-state index contributed by atoms with van der Waals surface area (Å²) >= 11 is 12.6. The summed E-state index contributed by atoms with van der Waals surface area (Å²) in [6.07, 6.45) is 3.32. The van der Waals surface area contributed by atoms with E-state index in [9.17, 15) is 9.59 Å². The molecular weight excluding hydrogens is 487 g/mol. The van der Waals surface area contributed by atoms with Crippen molar-refractivity contribution in [2.45, 2.75) is 19.8 Å². The number of aromatic amines is 1. The van der Waals surface area contributed by atoms with Gasteiger partial charge >= 0.3 is 0 Å². The van der Waals surface area contributed by atoms with Crippen LogP contribution < -0.4 is 11.1 Å². The molecule has 176 valence electrons. The largest absolute Gasteiger partial charge is 0.370 e. The number of hydrogen-bond acceptors (Lipinski definition) is 4. The first-order valence-corrected chi connectivity index (χ1v) is 11.6. The smallest absolute Gasteiger partial charge is 0.281 e. The Morgan fingerprint density at radius 1 is 0.886 bits per heavy atom. The molecule has 0 saturated carbocycles. The van der Waals surface area contributed by atoms with Gasteiger partial charge in [-0.1, -0.05) is 53.5 Å². The van der Waals surface area contributed by atoms with Crippen molar-refractivity contribution in [1.82, 2.24) is 19.3 Å². The number of rotatable bonds is 7. The van der Waals surface area contributed by atoms with E-state index >= 15 is 0 Å². The molecule has 0 amide bonds. The van der Waals surface area contributed by atoms with Crippen LogP contribution in [0.4, 0.5) is 0 Å². The SMILES string of the molecule is O=c1c2c(COCc3ccccc3Cl)n(Cc3ccncc3)c(=O)cc2[nH]n1-c1ccccc1Cl. The highest BCUT2D eigenvalue weighted by molar-refractivity contribution is 6.32. The Hall–Kier alpha value is -3.65. The first kappa shape index (κ1) is 23.1. The molecule has 0 aliphatic heterocycles. The molecule has 2 aromatic carbocycles. The Morgan fingerprint density at radius 3 is 2.34 bits per heavy atom. The van der Waals surface area contributed by atoms with E-state index in [1.54, 1.807) is 47.3 Å². The summed E-state index contributed by atoms with van der Waals surface area (Å²) in [5.74, 6) is 0. The lowest BCUT2D eigenvalue weighted by atomic mass is 10.2. The molecule has 0 fully saturated rings. The van der Waals surface area contributed by atoms with Gasteiger partial charge in [0.25, 0.3) is 11.1 Å². The van der Waals surface area contributed by atoms with Crippen molar-refractivity contribution in [2.75, 3.05) is 0 Å². The summed E-state index contributed by atoms with van der Waals surface area (Å²) < 4.78 is 8.88. The van der Waals surface area contributed by atoms with Gasteiger partial charge in [-0.15, -0.1) is 0 Å². The number of pyridine rings is 2. The molecule has 1 N–H and O–H groups in total. The minimum absolute atomic E-state index is 0.0263. The molecule has 0 radical (unpaired) electrons. The topological polar surface area (TPSA) is 81.9 Å². The average molecular weight is 507 g/mol. The lowest BCUT2D eigenvalue weighted by Crippen LogP contribution is -2.26. The van der Waals surface area contributed by atoms with Crippen molar-refractivity contribution < 1.29 is 4.74 Å². The van der Waals surface area contributed by atoms with Crippen molar-refractivity contribution >= 4 is 34.1 Å². The molecule has 9 heteroatoms. The molecular formula is C26H20Cl2N4O3. The molecule has 0 atom stereocenters. The molecule has 0 saturated heterocycles. The average Bonchev–Trinajstić information content (AvgIpc) is 3.18. The number of ether oxygens (including phenoxy) is 1. The summed E-state index contributed by atoms with van der Waals surface area (Å²) in [5.41, 5.74) is 2.45. The summed E-state index contributed by atoms with van der Waals surface area (Å²) in [4.78, 5) is 30.8. The third-order valence-electron chi connectivity index (χ3n) is 5.70. The molecule has 0 bridgehead atoms.